The van der Waals surface area contributed by atoms with Crippen molar-refractivity contribution < 1.29 is 14.3 Å². The van der Waals surface area contributed by atoms with E-state index in [9.17, 15) is 4.79 Å². The Balaban J connectivity index is 1.93. The van der Waals surface area contributed by atoms with Gasteiger partial charge in [0.1, 0.15) is 6.61 Å². The Labute approximate surface area is 127 Å². The summed E-state index contributed by atoms with van der Waals surface area (Å²) in [5.41, 5.74) is 1.16. The van der Waals surface area contributed by atoms with Gasteiger partial charge in [-0.05, 0) is 31.2 Å². The van der Waals surface area contributed by atoms with Crippen LogP contribution in [0.3, 0.4) is 0 Å². The van der Waals surface area contributed by atoms with Crippen LogP contribution < -0.4 is 0 Å². The van der Waals surface area contributed by atoms with Crippen molar-refractivity contribution in [1.82, 2.24) is 4.90 Å². The van der Waals surface area contributed by atoms with E-state index in [1.807, 2.05) is 23.1 Å². The summed E-state index contributed by atoms with van der Waals surface area (Å²) in [6.45, 7) is 3.91. The predicted octanol–water partition coefficient (Wildman–Crippen LogP) is 2.48. The first-order valence-corrected chi connectivity index (χ1v) is 7.62. The van der Waals surface area contributed by atoms with Gasteiger partial charge in [0.25, 0.3) is 0 Å². The second-order valence-corrected chi connectivity index (χ2v) is 5.63. The number of hydrogen-bond donors (Lipinski definition) is 0. The normalized spacial score (nSPS) is 15.7. The van der Waals surface area contributed by atoms with Crippen molar-refractivity contribution in [3.05, 3.63) is 35.9 Å². The summed E-state index contributed by atoms with van der Waals surface area (Å²) in [6.07, 6.45) is 2.45. The molecule has 1 aromatic carbocycles. The van der Waals surface area contributed by atoms with Crippen molar-refractivity contribution in [2.24, 2.45) is 5.92 Å². The van der Waals surface area contributed by atoms with Gasteiger partial charge < -0.3 is 14.4 Å². The minimum Gasteiger partial charge on any atom is -0.382 e. The molecule has 1 atom stereocenters. The van der Waals surface area contributed by atoms with Gasteiger partial charge in [0.05, 0.1) is 13.2 Å². The molecule has 0 aromatic heterocycles. The smallest absolute Gasteiger partial charge is 0.249 e. The molecule has 0 N–H and O–H groups in total. The van der Waals surface area contributed by atoms with Gasteiger partial charge in [-0.3, -0.25) is 4.79 Å². The van der Waals surface area contributed by atoms with E-state index in [1.165, 1.54) is 12.8 Å². The van der Waals surface area contributed by atoms with Crippen molar-refractivity contribution in [1.29, 1.82) is 0 Å². The number of nitrogens with zero attached hydrogens (tertiary/aromatic N) is 1. The van der Waals surface area contributed by atoms with Crippen molar-refractivity contribution in [3.63, 3.8) is 0 Å². The highest BCUT2D eigenvalue weighted by Gasteiger charge is 2.34. The van der Waals surface area contributed by atoms with E-state index in [4.69, 9.17) is 9.47 Å². The summed E-state index contributed by atoms with van der Waals surface area (Å²) < 4.78 is 10.3. The summed E-state index contributed by atoms with van der Waals surface area (Å²) >= 11 is 0. The average molecular weight is 291 g/mol. The number of amides is 1. The third-order valence-electron chi connectivity index (χ3n) is 3.97. The molecule has 4 heteroatoms. The van der Waals surface area contributed by atoms with Crippen LogP contribution in [0.2, 0.25) is 0 Å². The summed E-state index contributed by atoms with van der Waals surface area (Å²) in [4.78, 5) is 14.4. The molecule has 1 amide bonds. The molecule has 0 radical (unpaired) electrons. The standard InChI is InChI=1S/C17H25NO3/c1-14(16-8-9-16)18(12-15-6-4-3-5-7-15)17(19)13-21-11-10-20-2/h3-7,14,16H,8-13H2,1-2H3. The summed E-state index contributed by atoms with van der Waals surface area (Å²) in [7, 11) is 1.63. The van der Waals surface area contributed by atoms with Gasteiger partial charge in [-0.15, -0.1) is 0 Å². The maximum atomic E-state index is 12.4. The minimum absolute atomic E-state index is 0.0642. The van der Waals surface area contributed by atoms with Crippen molar-refractivity contribution in [2.75, 3.05) is 26.9 Å². The second-order valence-electron chi connectivity index (χ2n) is 5.63. The third kappa shape index (κ3) is 5.14. The first-order chi connectivity index (χ1) is 10.2. The van der Waals surface area contributed by atoms with Crippen LogP contribution >= 0.6 is 0 Å². The zero-order valence-electron chi connectivity index (χ0n) is 13.0. The van der Waals surface area contributed by atoms with E-state index in [-0.39, 0.29) is 18.6 Å². The van der Waals surface area contributed by atoms with Gasteiger partial charge in [0.15, 0.2) is 0 Å². The van der Waals surface area contributed by atoms with Gasteiger partial charge in [-0.2, -0.15) is 0 Å². The Bertz CT molecular complexity index is 431. The molecule has 21 heavy (non-hydrogen) atoms. The van der Waals surface area contributed by atoms with Crippen LogP contribution in [-0.2, 0) is 20.8 Å². The van der Waals surface area contributed by atoms with Gasteiger partial charge in [0.2, 0.25) is 5.91 Å². The molecular formula is C17H25NO3. The van der Waals surface area contributed by atoms with E-state index in [1.54, 1.807) is 7.11 Å². The molecular weight excluding hydrogens is 266 g/mol. The fourth-order valence-electron chi connectivity index (χ4n) is 2.46. The predicted molar refractivity (Wildman–Crippen MR) is 81.9 cm³/mol. The van der Waals surface area contributed by atoms with Crippen molar-refractivity contribution in [2.45, 2.75) is 32.4 Å². The SMILES string of the molecule is COCCOCC(=O)N(Cc1ccccc1)C(C)C1CC1. The second kappa shape index (κ2) is 8.15. The molecule has 116 valence electrons. The molecule has 0 bridgehead atoms. The summed E-state index contributed by atoms with van der Waals surface area (Å²) in [5, 5.41) is 0. The largest absolute Gasteiger partial charge is 0.382 e. The zero-order chi connectivity index (χ0) is 15.1. The molecule has 1 aliphatic rings. The maximum absolute atomic E-state index is 12.4. The van der Waals surface area contributed by atoms with Gasteiger partial charge >= 0.3 is 0 Å². The van der Waals surface area contributed by atoms with E-state index < -0.39 is 0 Å². The van der Waals surface area contributed by atoms with Gasteiger partial charge in [-0.1, -0.05) is 30.3 Å². The van der Waals surface area contributed by atoms with E-state index in [0.717, 1.165) is 5.56 Å². The lowest BCUT2D eigenvalue weighted by Gasteiger charge is -2.29. The molecule has 4 nitrogen and oxygen atoms in total. The molecule has 0 heterocycles. The first kappa shape index (κ1) is 16.0. The number of methoxy groups -OCH3 is 1. The fraction of sp³-hybridized carbons (Fsp3) is 0.588. The Morgan fingerprint density at radius 1 is 1.29 bits per heavy atom. The quantitative estimate of drug-likeness (QED) is 0.656. The number of benzene rings is 1. The lowest BCUT2D eigenvalue weighted by Crippen LogP contribution is -2.41. The monoisotopic (exact) mass is 291 g/mol. The Morgan fingerprint density at radius 2 is 2.00 bits per heavy atom. The molecule has 1 aromatic rings. The van der Waals surface area contributed by atoms with Gasteiger partial charge in [-0.25, -0.2) is 0 Å². The lowest BCUT2D eigenvalue weighted by molar-refractivity contribution is -0.139. The van der Waals surface area contributed by atoms with Crippen LogP contribution in [0.15, 0.2) is 30.3 Å². The average Bonchev–Trinajstić information content (AvgIpc) is 3.34. The highest BCUT2D eigenvalue weighted by Crippen LogP contribution is 2.35. The van der Waals surface area contributed by atoms with Crippen LogP contribution in [-0.4, -0.2) is 43.8 Å². The van der Waals surface area contributed by atoms with E-state index in [2.05, 4.69) is 19.1 Å². The highest BCUT2D eigenvalue weighted by molar-refractivity contribution is 5.77. The Hall–Kier alpha value is -1.39. The number of hydrogen-bond acceptors (Lipinski definition) is 3. The first-order valence-electron chi connectivity index (χ1n) is 7.62. The third-order valence-corrected chi connectivity index (χ3v) is 3.97. The Morgan fingerprint density at radius 3 is 2.62 bits per heavy atom. The number of carbonyl (C=O) groups excluding carboxylic acids is 1. The molecule has 1 unspecified atom stereocenters. The summed E-state index contributed by atoms with van der Waals surface area (Å²) in [6, 6.07) is 10.4. The van der Waals surface area contributed by atoms with Crippen LogP contribution in [0, 0.1) is 5.92 Å². The van der Waals surface area contributed by atoms with Gasteiger partial charge in [0, 0.05) is 19.7 Å². The highest BCUT2D eigenvalue weighted by atomic mass is 16.5. The summed E-state index contributed by atoms with van der Waals surface area (Å²) in [5.74, 6) is 0.714. The van der Waals surface area contributed by atoms with Crippen molar-refractivity contribution >= 4 is 5.91 Å². The number of ether oxygens (including phenoxy) is 2. The molecule has 0 spiro atoms. The van der Waals surface area contributed by atoms with E-state index >= 15 is 0 Å². The Kier molecular flexibility index (Phi) is 6.21. The maximum Gasteiger partial charge on any atom is 0.249 e. The molecule has 1 saturated carbocycles. The topological polar surface area (TPSA) is 38.8 Å². The van der Waals surface area contributed by atoms with Crippen LogP contribution in [0.25, 0.3) is 0 Å². The van der Waals surface area contributed by atoms with Crippen molar-refractivity contribution in [3.8, 4) is 0 Å². The number of carbonyl (C=O) groups is 1. The molecule has 1 fully saturated rings. The zero-order valence-corrected chi connectivity index (χ0v) is 13.0. The molecule has 1 aliphatic carbocycles. The fourth-order valence-corrected chi connectivity index (χ4v) is 2.46. The molecule has 2 rings (SSSR count). The van der Waals surface area contributed by atoms with Crippen LogP contribution in [0.4, 0.5) is 0 Å². The number of rotatable bonds is 9. The molecule has 0 aliphatic heterocycles. The molecule has 0 saturated heterocycles. The van der Waals surface area contributed by atoms with Crippen LogP contribution in [0.1, 0.15) is 25.3 Å². The van der Waals surface area contributed by atoms with E-state index in [0.29, 0.717) is 25.7 Å². The lowest BCUT2D eigenvalue weighted by atomic mass is 10.1. The minimum atomic E-state index is 0.0642. The van der Waals surface area contributed by atoms with Crippen LogP contribution in [0.5, 0.6) is 0 Å².